The van der Waals surface area contributed by atoms with E-state index < -0.39 is 0 Å². The van der Waals surface area contributed by atoms with Crippen molar-refractivity contribution in [3.63, 3.8) is 0 Å². The van der Waals surface area contributed by atoms with Gasteiger partial charge in [0, 0.05) is 52.5 Å². The number of rotatable bonds is 11. The van der Waals surface area contributed by atoms with E-state index in [9.17, 15) is 0 Å². The van der Waals surface area contributed by atoms with Gasteiger partial charge in [-0.1, -0.05) is 26.7 Å². The maximum absolute atomic E-state index is 5.55. The van der Waals surface area contributed by atoms with Gasteiger partial charge in [0.15, 0.2) is 5.96 Å². The second-order valence-electron chi connectivity index (χ2n) is 8.96. The van der Waals surface area contributed by atoms with Crippen LogP contribution in [0, 0.1) is 11.3 Å². The van der Waals surface area contributed by atoms with Gasteiger partial charge in [0.25, 0.3) is 0 Å². The Bertz CT molecular complexity index is 444. The summed E-state index contributed by atoms with van der Waals surface area (Å²) in [6, 6.07) is 0.529. The lowest BCUT2D eigenvalue weighted by Gasteiger charge is -2.36. The zero-order valence-electron chi connectivity index (χ0n) is 18.8. The molecule has 1 saturated heterocycles. The zero-order valence-corrected chi connectivity index (χ0v) is 18.8. The normalized spacial score (nSPS) is 21.8. The van der Waals surface area contributed by atoms with E-state index in [4.69, 9.17) is 14.5 Å². The molecule has 1 saturated carbocycles. The number of nitrogens with zero attached hydrogens (tertiary/aromatic N) is 2. The number of aliphatic imine (C=N–C) groups is 1. The lowest BCUT2D eigenvalue weighted by Crippen LogP contribution is -2.51. The molecule has 164 valence electrons. The minimum atomic E-state index is 0.333. The molecule has 0 bridgehead atoms. The molecule has 0 radical (unpaired) electrons. The van der Waals surface area contributed by atoms with Crippen molar-refractivity contribution in [2.75, 3.05) is 59.7 Å². The molecule has 1 unspecified atom stereocenters. The maximum atomic E-state index is 5.55. The van der Waals surface area contributed by atoms with Crippen LogP contribution in [0.1, 0.15) is 59.3 Å². The van der Waals surface area contributed by atoms with E-state index in [-0.39, 0.29) is 0 Å². The van der Waals surface area contributed by atoms with Crippen LogP contribution >= 0.6 is 0 Å². The Morgan fingerprint density at radius 3 is 2.50 bits per heavy atom. The average Bonchev–Trinajstić information content (AvgIpc) is 3.17. The Morgan fingerprint density at radius 1 is 1.18 bits per heavy atom. The molecule has 1 heterocycles. The van der Waals surface area contributed by atoms with Crippen LogP contribution in [0.3, 0.4) is 0 Å². The zero-order chi connectivity index (χ0) is 20.2. The fourth-order valence-corrected chi connectivity index (χ4v) is 4.58. The number of hydrogen-bond acceptors (Lipinski definition) is 4. The van der Waals surface area contributed by atoms with Crippen molar-refractivity contribution in [1.29, 1.82) is 0 Å². The molecule has 6 nitrogen and oxygen atoms in total. The number of nitrogens with one attached hydrogen (secondary N) is 2. The predicted molar refractivity (Wildman–Crippen MR) is 117 cm³/mol. The third kappa shape index (κ3) is 7.88. The summed E-state index contributed by atoms with van der Waals surface area (Å²) in [4.78, 5) is 7.59. The number of methoxy groups -OCH3 is 1. The summed E-state index contributed by atoms with van der Waals surface area (Å²) in [7, 11) is 1.80. The van der Waals surface area contributed by atoms with Crippen LogP contribution in [0.2, 0.25) is 0 Å². The van der Waals surface area contributed by atoms with E-state index >= 15 is 0 Å². The third-order valence-corrected chi connectivity index (χ3v) is 6.23. The fourth-order valence-electron chi connectivity index (χ4n) is 4.58. The van der Waals surface area contributed by atoms with E-state index in [1.54, 1.807) is 7.11 Å². The van der Waals surface area contributed by atoms with Crippen molar-refractivity contribution in [3.8, 4) is 0 Å². The number of morpholine rings is 1. The first-order valence-corrected chi connectivity index (χ1v) is 11.4. The molecule has 0 aromatic heterocycles. The van der Waals surface area contributed by atoms with Gasteiger partial charge in [-0.2, -0.15) is 0 Å². The predicted octanol–water partition coefficient (Wildman–Crippen LogP) is 2.89. The molecule has 0 spiro atoms. The molecular formula is C22H44N4O2. The first kappa shape index (κ1) is 23.4. The standard InChI is InChI=1S/C22H44N4O2/c1-5-23-21(25-18-22(10-13-27-4)8-6-7-9-22)24-17-20(16-19(2)3)26-11-14-28-15-12-26/h19-20H,5-18H2,1-4H3,(H2,23,24,25). The number of ether oxygens (including phenoxy) is 2. The topological polar surface area (TPSA) is 58.1 Å². The van der Waals surface area contributed by atoms with E-state index in [0.29, 0.717) is 17.4 Å². The van der Waals surface area contributed by atoms with Crippen LogP contribution in [0.25, 0.3) is 0 Å². The summed E-state index contributed by atoms with van der Waals surface area (Å²) < 4.78 is 10.9. The highest BCUT2D eigenvalue weighted by atomic mass is 16.5. The monoisotopic (exact) mass is 396 g/mol. The van der Waals surface area contributed by atoms with Crippen molar-refractivity contribution in [3.05, 3.63) is 0 Å². The molecule has 2 aliphatic rings. The van der Waals surface area contributed by atoms with Crippen molar-refractivity contribution < 1.29 is 9.47 Å². The summed E-state index contributed by atoms with van der Waals surface area (Å²) in [6.07, 6.45) is 7.54. The van der Waals surface area contributed by atoms with E-state index in [0.717, 1.165) is 64.9 Å². The molecule has 2 fully saturated rings. The first-order valence-electron chi connectivity index (χ1n) is 11.4. The quantitative estimate of drug-likeness (QED) is 0.415. The Morgan fingerprint density at radius 2 is 1.89 bits per heavy atom. The molecule has 2 rings (SSSR count). The van der Waals surface area contributed by atoms with Gasteiger partial charge in [-0.3, -0.25) is 9.89 Å². The molecular weight excluding hydrogens is 352 g/mol. The van der Waals surface area contributed by atoms with E-state index in [1.807, 2.05) is 0 Å². The van der Waals surface area contributed by atoms with Crippen LogP contribution in [-0.4, -0.2) is 76.6 Å². The second kappa shape index (κ2) is 12.7. The summed E-state index contributed by atoms with van der Waals surface area (Å²) in [5.41, 5.74) is 0.333. The highest BCUT2D eigenvalue weighted by Gasteiger charge is 2.33. The van der Waals surface area contributed by atoms with Crippen LogP contribution in [0.15, 0.2) is 4.99 Å². The smallest absolute Gasteiger partial charge is 0.191 e. The molecule has 0 aromatic carbocycles. The van der Waals surface area contributed by atoms with Gasteiger partial charge in [0.2, 0.25) is 0 Å². The van der Waals surface area contributed by atoms with Gasteiger partial charge in [-0.25, -0.2) is 0 Å². The number of guanidine groups is 1. The van der Waals surface area contributed by atoms with Gasteiger partial charge in [0.05, 0.1) is 13.2 Å². The molecule has 0 aromatic rings. The molecule has 0 amide bonds. The average molecular weight is 397 g/mol. The Labute approximate surface area is 172 Å². The van der Waals surface area contributed by atoms with Gasteiger partial charge in [-0.05, 0) is 43.9 Å². The minimum Gasteiger partial charge on any atom is -0.385 e. The van der Waals surface area contributed by atoms with Crippen molar-refractivity contribution in [2.45, 2.75) is 65.3 Å². The van der Waals surface area contributed by atoms with Crippen LogP contribution in [0.4, 0.5) is 0 Å². The Kier molecular flexibility index (Phi) is 10.6. The molecule has 1 aliphatic carbocycles. The van der Waals surface area contributed by atoms with Crippen molar-refractivity contribution >= 4 is 5.96 Å². The third-order valence-electron chi connectivity index (χ3n) is 6.23. The van der Waals surface area contributed by atoms with Gasteiger partial charge in [0.1, 0.15) is 0 Å². The lowest BCUT2D eigenvalue weighted by atomic mass is 9.83. The molecule has 6 heteroatoms. The van der Waals surface area contributed by atoms with E-state index in [2.05, 4.69) is 36.3 Å². The Hall–Kier alpha value is -0.850. The van der Waals surface area contributed by atoms with Gasteiger partial charge >= 0.3 is 0 Å². The van der Waals surface area contributed by atoms with Crippen LogP contribution in [-0.2, 0) is 9.47 Å². The highest BCUT2D eigenvalue weighted by molar-refractivity contribution is 5.79. The molecule has 1 aliphatic heterocycles. The molecule has 1 atom stereocenters. The summed E-state index contributed by atoms with van der Waals surface area (Å²) in [6.45, 7) is 14.1. The second-order valence-corrected chi connectivity index (χ2v) is 8.96. The Balaban J connectivity index is 1.95. The van der Waals surface area contributed by atoms with E-state index in [1.165, 1.54) is 32.1 Å². The van der Waals surface area contributed by atoms with Gasteiger partial charge in [-0.15, -0.1) is 0 Å². The maximum Gasteiger partial charge on any atom is 0.191 e. The minimum absolute atomic E-state index is 0.333. The SMILES string of the molecule is CCNC(=NCC1(CCOC)CCCC1)NCC(CC(C)C)N1CCOCC1. The van der Waals surface area contributed by atoms with Crippen molar-refractivity contribution in [1.82, 2.24) is 15.5 Å². The number of hydrogen-bond donors (Lipinski definition) is 2. The lowest BCUT2D eigenvalue weighted by molar-refractivity contribution is 0.0132. The first-order chi connectivity index (χ1) is 13.6. The highest BCUT2D eigenvalue weighted by Crippen LogP contribution is 2.41. The van der Waals surface area contributed by atoms with Crippen LogP contribution < -0.4 is 10.6 Å². The summed E-state index contributed by atoms with van der Waals surface area (Å²) >= 11 is 0. The fraction of sp³-hybridized carbons (Fsp3) is 0.955. The van der Waals surface area contributed by atoms with Crippen molar-refractivity contribution in [2.24, 2.45) is 16.3 Å². The van der Waals surface area contributed by atoms with Gasteiger partial charge < -0.3 is 20.1 Å². The summed E-state index contributed by atoms with van der Waals surface area (Å²) in [5, 5.41) is 7.10. The molecule has 28 heavy (non-hydrogen) atoms. The van der Waals surface area contributed by atoms with Crippen LogP contribution in [0.5, 0.6) is 0 Å². The summed E-state index contributed by atoms with van der Waals surface area (Å²) in [5.74, 6) is 1.65. The molecule has 2 N–H and O–H groups in total. The largest absolute Gasteiger partial charge is 0.385 e.